The fourth-order valence-corrected chi connectivity index (χ4v) is 4.29. The molecular formula is C20H28FNO6S. The summed E-state index contributed by atoms with van der Waals surface area (Å²) in [4.78, 5) is 11.8. The Kier molecular flexibility index (Phi) is 8.04. The van der Waals surface area contributed by atoms with Crippen molar-refractivity contribution in [2.75, 3.05) is 32.1 Å². The Morgan fingerprint density at radius 1 is 1.31 bits per heavy atom. The van der Waals surface area contributed by atoms with Crippen molar-refractivity contribution in [3.8, 4) is 5.75 Å². The number of sulfone groups is 1. The maximum absolute atomic E-state index is 13.0. The van der Waals surface area contributed by atoms with Crippen molar-refractivity contribution in [2.45, 2.75) is 37.7 Å². The van der Waals surface area contributed by atoms with E-state index in [0.717, 1.165) is 6.42 Å². The average Bonchev–Trinajstić information content (AvgIpc) is 3.13. The largest absolute Gasteiger partial charge is 0.489 e. The van der Waals surface area contributed by atoms with Gasteiger partial charge in [-0.2, -0.15) is 0 Å². The van der Waals surface area contributed by atoms with Crippen LogP contribution in [0.15, 0.2) is 41.1 Å². The number of halogens is 1. The van der Waals surface area contributed by atoms with Crippen molar-refractivity contribution in [3.63, 3.8) is 0 Å². The quantitative estimate of drug-likeness (QED) is 0.682. The molecule has 1 N–H and O–H groups in total. The number of alkyl carbamates (subject to hydrolysis) is 1. The molecule has 1 aliphatic heterocycles. The van der Waals surface area contributed by atoms with Crippen LogP contribution in [-0.2, 0) is 19.3 Å². The van der Waals surface area contributed by atoms with Gasteiger partial charge in [-0.05, 0) is 57.4 Å². The highest BCUT2D eigenvalue weighted by molar-refractivity contribution is 7.91. The maximum atomic E-state index is 13.0. The highest BCUT2D eigenvalue weighted by atomic mass is 32.2. The van der Waals surface area contributed by atoms with Crippen LogP contribution >= 0.6 is 0 Å². The van der Waals surface area contributed by atoms with Gasteiger partial charge < -0.3 is 19.5 Å². The zero-order valence-electron chi connectivity index (χ0n) is 16.9. The van der Waals surface area contributed by atoms with Crippen molar-refractivity contribution < 1.29 is 31.8 Å². The van der Waals surface area contributed by atoms with E-state index >= 15 is 0 Å². The minimum absolute atomic E-state index is 0.0191. The molecule has 0 aromatic heterocycles. The second kappa shape index (κ2) is 10.1. The molecule has 1 aromatic rings. The fraction of sp³-hybridized carbons (Fsp3) is 0.550. The molecule has 0 saturated carbocycles. The zero-order chi connectivity index (χ0) is 21.5. The molecule has 29 heavy (non-hydrogen) atoms. The molecule has 1 heterocycles. The van der Waals surface area contributed by atoms with Crippen LogP contribution in [0.4, 0.5) is 9.18 Å². The summed E-state index contributed by atoms with van der Waals surface area (Å²) in [6, 6.07) is 5.99. The minimum Gasteiger partial charge on any atom is -0.489 e. The molecule has 1 atom stereocenters. The van der Waals surface area contributed by atoms with E-state index in [1.54, 1.807) is 20.8 Å². The standard InChI is InChI=1S/C20H28FNO6S/c1-20(2,3)28-19(23)22-11-16(10-21)13-27-17-4-6-18(7-5-17)29(24,25)14-15-8-9-26-12-15/h4-7,10,15H,8-9,11-14H2,1-3H3,(H,22,23)/b16-10+/t15-/m0/s1. The first-order valence-corrected chi connectivity index (χ1v) is 11.0. The predicted octanol–water partition coefficient (Wildman–Crippen LogP) is 3.25. The molecule has 9 heteroatoms. The van der Waals surface area contributed by atoms with Gasteiger partial charge >= 0.3 is 6.09 Å². The van der Waals surface area contributed by atoms with E-state index in [1.165, 1.54) is 24.3 Å². The average molecular weight is 430 g/mol. The van der Waals surface area contributed by atoms with Crippen molar-refractivity contribution in [3.05, 3.63) is 36.2 Å². The number of hydrogen-bond acceptors (Lipinski definition) is 6. The molecule has 162 valence electrons. The zero-order valence-corrected chi connectivity index (χ0v) is 17.8. The number of benzene rings is 1. The molecular weight excluding hydrogens is 401 g/mol. The van der Waals surface area contributed by atoms with Crippen molar-refractivity contribution in [2.24, 2.45) is 5.92 Å². The molecule has 0 unspecified atom stereocenters. The Labute approximate surface area is 171 Å². The van der Waals surface area contributed by atoms with E-state index in [9.17, 15) is 17.6 Å². The number of carbonyl (C=O) groups excluding carboxylic acids is 1. The van der Waals surface area contributed by atoms with Gasteiger partial charge in [0.05, 0.1) is 23.6 Å². The van der Waals surface area contributed by atoms with Gasteiger partial charge in [0.15, 0.2) is 9.84 Å². The van der Waals surface area contributed by atoms with E-state index in [4.69, 9.17) is 14.2 Å². The van der Waals surface area contributed by atoms with Gasteiger partial charge in [-0.3, -0.25) is 0 Å². The van der Waals surface area contributed by atoms with Crippen LogP contribution in [-0.4, -0.2) is 52.2 Å². The lowest BCUT2D eigenvalue weighted by molar-refractivity contribution is 0.0531. The number of nitrogens with one attached hydrogen (secondary N) is 1. The van der Waals surface area contributed by atoms with Crippen molar-refractivity contribution >= 4 is 15.9 Å². The Balaban J connectivity index is 1.84. The molecule has 1 aliphatic rings. The summed E-state index contributed by atoms with van der Waals surface area (Å²) in [5.41, 5.74) is -0.443. The monoisotopic (exact) mass is 429 g/mol. The van der Waals surface area contributed by atoms with Gasteiger partial charge in [-0.15, -0.1) is 0 Å². The lowest BCUT2D eigenvalue weighted by atomic mass is 10.2. The highest BCUT2D eigenvalue weighted by Gasteiger charge is 2.24. The first-order chi connectivity index (χ1) is 13.6. The van der Waals surface area contributed by atoms with E-state index in [-0.39, 0.29) is 35.3 Å². The highest BCUT2D eigenvalue weighted by Crippen LogP contribution is 2.22. The molecule has 1 aromatic carbocycles. The Morgan fingerprint density at radius 2 is 2.00 bits per heavy atom. The van der Waals surface area contributed by atoms with Gasteiger partial charge in [0, 0.05) is 18.7 Å². The number of amides is 1. The Hall–Kier alpha value is -2.13. The van der Waals surface area contributed by atoms with Gasteiger partial charge in [-0.1, -0.05) is 0 Å². The Bertz CT molecular complexity index is 808. The van der Waals surface area contributed by atoms with Crippen LogP contribution in [0, 0.1) is 5.92 Å². The molecule has 1 amide bonds. The summed E-state index contributed by atoms with van der Waals surface area (Å²) in [7, 11) is -3.40. The van der Waals surface area contributed by atoms with Crippen LogP contribution in [0.1, 0.15) is 27.2 Å². The van der Waals surface area contributed by atoms with Crippen LogP contribution in [0.3, 0.4) is 0 Å². The van der Waals surface area contributed by atoms with Crippen molar-refractivity contribution in [1.29, 1.82) is 0 Å². The van der Waals surface area contributed by atoms with E-state index in [0.29, 0.717) is 25.3 Å². The molecule has 0 bridgehead atoms. The summed E-state index contributed by atoms with van der Waals surface area (Å²) >= 11 is 0. The summed E-state index contributed by atoms with van der Waals surface area (Å²) in [5, 5.41) is 2.45. The van der Waals surface area contributed by atoms with E-state index in [1.807, 2.05) is 0 Å². The molecule has 1 saturated heterocycles. The third-order valence-electron chi connectivity index (χ3n) is 4.10. The van der Waals surface area contributed by atoms with Crippen LogP contribution in [0.25, 0.3) is 0 Å². The fourth-order valence-electron chi connectivity index (χ4n) is 2.66. The molecule has 0 spiro atoms. The lowest BCUT2D eigenvalue weighted by Gasteiger charge is -2.20. The second-order valence-corrected chi connectivity index (χ2v) is 9.93. The lowest BCUT2D eigenvalue weighted by Crippen LogP contribution is -2.34. The summed E-state index contributed by atoms with van der Waals surface area (Å²) in [5.74, 6) is 0.466. The smallest absolute Gasteiger partial charge is 0.407 e. The number of ether oxygens (including phenoxy) is 3. The normalized spacial score (nSPS) is 17.8. The topological polar surface area (TPSA) is 90.9 Å². The number of rotatable bonds is 8. The van der Waals surface area contributed by atoms with Crippen LogP contribution in [0.5, 0.6) is 5.75 Å². The predicted molar refractivity (Wildman–Crippen MR) is 106 cm³/mol. The summed E-state index contributed by atoms with van der Waals surface area (Å²) < 4.78 is 53.7. The van der Waals surface area contributed by atoms with E-state index < -0.39 is 21.5 Å². The molecule has 2 rings (SSSR count). The third-order valence-corrected chi connectivity index (χ3v) is 6.00. The summed E-state index contributed by atoms with van der Waals surface area (Å²) in [6.45, 7) is 6.09. The first kappa shape index (κ1) is 23.2. The van der Waals surface area contributed by atoms with E-state index in [2.05, 4.69) is 5.32 Å². The van der Waals surface area contributed by atoms with Crippen LogP contribution in [0.2, 0.25) is 0 Å². The van der Waals surface area contributed by atoms with Gasteiger partial charge in [0.1, 0.15) is 18.0 Å². The molecule has 0 radical (unpaired) electrons. The van der Waals surface area contributed by atoms with Crippen molar-refractivity contribution in [1.82, 2.24) is 5.32 Å². The Morgan fingerprint density at radius 3 is 2.55 bits per heavy atom. The van der Waals surface area contributed by atoms with Gasteiger partial charge in [-0.25, -0.2) is 17.6 Å². The molecule has 0 aliphatic carbocycles. The second-order valence-electron chi connectivity index (χ2n) is 7.89. The SMILES string of the molecule is CC(C)(C)OC(=O)NC/C(=C\F)COc1ccc(S(=O)(=O)C[C@H]2CCOC2)cc1. The molecule has 1 fully saturated rings. The first-order valence-electron chi connectivity index (χ1n) is 9.37. The third kappa shape index (κ3) is 8.02. The number of carbonyl (C=O) groups is 1. The van der Waals surface area contributed by atoms with Crippen LogP contribution < -0.4 is 10.1 Å². The summed E-state index contributed by atoms with van der Waals surface area (Å²) in [6.07, 6.45) is 0.453. The van der Waals surface area contributed by atoms with Gasteiger partial charge in [0.2, 0.25) is 0 Å². The number of hydrogen-bond donors (Lipinski definition) is 1. The minimum atomic E-state index is -3.40. The molecule has 7 nitrogen and oxygen atoms in total. The van der Waals surface area contributed by atoms with Gasteiger partial charge in [0.25, 0.3) is 0 Å². The maximum Gasteiger partial charge on any atom is 0.407 e.